The molecule has 3 nitrogen and oxygen atoms in total. The highest BCUT2D eigenvalue weighted by Crippen LogP contribution is 2.43. The number of nitrogens with one attached hydrogen (secondary N) is 1. The zero-order valence-electron chi connectivity index (χ0n) is 11.8. The van der Waals surface area contributed by atoms with E-state index in [2.05, 4.69) is 30.1 Å². The molecular weight excluding hydrogens is 250 g/mol. The Morgan fingerprint density at radius 2 is 2.20 bits per heavy atom. The molecule has 0 saturated heterocycles. The van der Waals surface area contributed by atoms with Gasteiger partial charge in [-0.05, 0) is 29.2 Å². The average molecular weight is 269 g/mol. The van der Waals surface area contributed by atoms with Crippen molar-refractivity contribution in [2.24, 2.45) is 0 Å². The number of allylic oxidation sites excluding steroid dienone is 4. The van der Waals surface area contributed by atoms with Gasteiger partial charge in [-0.1, -0.05) is 49.1 Å². The Bertz CT molecular complexity index is 584. The molecule has 0 saturated carbocycles. The number of amides is 1. The quantitative estimate of drug-likeness (QED) is 0.906. The molecule has 0 fully saturated rings. The lowest BCUT2D eigenvalue weighted by Crippen LogP contribution is -2.22. The minimum Gasteiger partial charge on any atom is -0.449 e. The number of hydrogen-bond acceptors (Lipinski definition) is 2. The number of rotatable bonds is 4. The second kappa shape index (κ2) is 6.24. The van der Waals surface area contributed by atoms with Crippen LogP contribution < -0.4 is 5.32 Å². The summed E-state index contributed by atoms with van der Waals surface area (Å²) in [6, 6.07) is 8.17. The van der Waals surface area contributed by atoms with Crippen molar-refractivity contribution < 1.29 is 9.53 Å². The van der Waals surface area contributed by atoms with Crippen molar-refractivity contribution in [1.29, 1.82) is 0 Å². The van der Waals surface area contributed by atoms with Crippen molar-refractivity contribution in [2.45, 2.75) is 12.8 Å². The highest BCUT2D eigenvalue weighted by Gasteiger charge is 2.29. The maximum atomic E-state index is 11.3. The second-order valence-electron chi connectivity index (χ2n) is 4.56. The van der Waals surface area contributed by atoms with Crippen molar-refractivity contribution in [3.63, 3.8) is 0 Å². The van der Waals surface area contributed by atoms with E-state index in [4.69, 9.17) is 4.74 Å². The Morgan fingerprint density at radius 1 is 1.45 bits per heavy atom. The molecular formula is C17H19NO2. The van der Waals surface area contributed by atoms with Gasteiger partial charge in [-0.25, -0.2) is 4.79 Å². The van der Waals surface area contributed by atoms with Gasteiger partial charge in [-0.3, -0.25) is 0 Å². The Balaban J connectivity index is 2.39. The summed E-state index contributed by atoms with van der Waals surface area (Å²) in [5.74, 6) is 0.0627. The normalized spacial score (nSPS) is 17.2. The van der Waals surface area contributed by atoms with Gasteiger partial charge in [0, 0.05) is 13.0 Å². The van der Waals surface area contributed by atoms with Crippen molar-refractivity contribution in [3.8, 4) is 0 Å². The van der Waals surface area contributed by atoms with Crippen molar-refractivity contribution in [2.75, 3.05) is 13.7 Å². The number of carbonyl (C=O) groups excluding carboxylic acids is 1. The summed E-state index contributed by atoms with van der Waals surface area (Å²) >= 11 is 0. The number of benzene rings is 1. The van der Waals surface area contributed by atoms with Crippen LogP contribution in [-0.2, 0) is 4.74 Å². The third kappa shape index (κ3) is 2.52. The van der Waals surface area contributed by atoms with Gasteiger partial charge in [-0.2, -0.15) is 0 Å². The van der Waals surface area contributed by atoms with Crippen molar-refractivity contribution >= 4 is 11.7 Å². The molecule has 1 aromatic carbocycles. The average Bonchev–Trinajstić information content (AvgIpc) is 2.78. The molecule has 20 heavy (non-hydrogen) atoms. The minimum absolute atomic E-state index is 0.0627. The van der Waals surface area contributed by atoms with E-state index in [9.17, 15) is 4.79 Å². The lowest BCUT2D eigenvalue weighted by Gasteiger charge is -2.14. The summed E-state index contributed by atoms with van der Waals surface area (Å²) in [5, 5.41) is 2.47. The van der Waals surface area contributed by atoms with E-state index >= 15 is 0 Å². The zero-order chi connectivity index (χ0) is 14.5. The molecule has 0 bridgehead atoms. The first kappa shape index (κ1) is 14.1. The molecule has 1 N–H and O–H groups in total. The summed E-state index contributed by atoms with van der Waals surface area (Å²) in [4.78, 5) is 11.3. The molecule has 1 atom stereocenters. The Morgan fingerprint density at radius 3 is 2.85 bits per heavy atom. The largest absolute Gasteiger partial charge is 0.449 e. The van der Waals surface area contributed by atoms with Crippen LogP contribution in [0.1, 0.15) is 24.0 Å². The van der Waals surface area contributed by atoms with Crippen molar-refractivity contribution in [3.05, 3.63) is 65.8 Å². The molecule has 0 aromatic heterocycles. The summed E-state index contributed by atoms with van der Waals surface area (Å²) in [6.07, 6.45) is 5.52. The molecule has 1 aliphatic carbocycles. The van der Waals surface area contributed by atoms with E-state index in [0.29, 0.717) is 6.61 Å². The van der Waals surface area contributed by atoms with Crippen LogP contribution in [0.2, 0.25) is 0 Å². The zero-order valence-corrected chi connectivity index (χ0v) is 11.8. The maximum Gasteiger partial charge on any atom is 0.406 e. The molecule has 3 heteroatoms. The summed E-state index contributed by atoms with van der Waals surface area (Å²) in [7, 11) is 1.56. The van der Waals surface area contributed by atoms with Gasteiger partial charge in [0.25, 0.3) is 0 Å². The van der Waals surface area contributed by atoms with Crippen LogP contribution in [0.5, 0.6) is 0 Å². The molecule has 1 aliphatic rings. The Hall–Kier alpha value is -2.29. The minimum atomic E-state index is -0.408. The van der Waals surface area contributed by atoms with E-state index in [1.807, 2.05) is 31.2 Å². The topological polar surface area (TPSA) is 38.3 Å². The summed E-state index contributed by atoms with van der Waals surface area (Å²) in [6.45, 7) is 6.21. The smallest absolute Gasteiger partial charge is 0.406 e. The van der Waals surface area contributed by atoms with E-state index in [1.54, 1.807) is 7.05 Å². The second-order valence-corrected chi connectivity index (χ2v) is 4.56. The predicted molar refractivity (Wildman–Crippen MR) is 81.5 cm³/mol. The number of carbonyl (C=O) groups is 1. The molecule has 0 aliphatic heterocycles. The van der Waals surface area contributed by atoms with Crippen molar-refractivity contribution in [1.82, 2.24) is 5.32 Å². The fraction of sp³-hybridized carbons (Fsp3) is 0.235. The summed E-state index contributed by atoms with van der Waals surface area (Å²) < 4.78 is 5.25. The lowest BCUT2D eigenvalue weighted by molar-refractivity contribution is 0.145. The predicted octanol–water partition coefficient (Wildman–Crippen LogP) is 3.66. The summed E-state index contributed by atoms with van der Waals surface area (Å²) in [5.41, 5.74) is 4.61. The monoisotopic (exact) mass is 269 g/mol. The molecule has 1 unspecified atom stereocenters. The van der Waals surface area contributed by atoms with Gasteiger partial charge in [0.2, 0.25) is 0 Å². The van der Waals surface area contributed by atoms with Crippen LogP contribution >= 0.6 is 0 Å². The van der Waals surface area contributed by atoms with Crippen LogP contribution in [0.3, 0.4) is 0 Å². The molecule has 0 spiro atoms. The van der Waals surface area contributed by atoms with Gasteiger partial charge in [0.05, 0.1) is 0 Å². The number of fused-ring (bicyclic) bond motifs is 1. The SMILES string of the molecule is C=CC1=C(/C=C\C)C(COC(=O)NC)c2ccccc21. The van der Waals surface area contributed by atoms with Gasteiger partial charge in [0.15, 0.2) is 0 Å². The van der Waals surface area contributed by atoms with Gasteiger partial charge in [0.1, 0.15) is 6.61 Å². The number of alkyl carbamates (subject to hydrolysis) is 1. The Labute approximate surface area is 119 Å². The van der Waals surface area contributed by atoms with Crippen LogP contribution in [0.25, 0.3) is 5.57 Å². The molecule has 0 heterocycles. The molecule has 1 amide bonds. The molecule has 1 aromatic rings. The van der Waals surface area contributed by atoms with Gasteiger partial charge < -0.3 is 10.1 Å². The van der Waals surface area contributed by atoms with Gasteiger partial charge >= 0.3 is 6.09 Å². The van der Waals surface area contributed by atoms with Crippen LogP contribution in [0.15, 0.2) is 54.6 Å². The number of ether oxygens (including phenoxy) is 1. The van der Waals surface area contributed by atoms with Crippen LogP contribution in [-0.4, -0.2) is 19.7 Å². The van der Waals surface area contributed by atoms with E-state index < -0.39 is 6.09 Å². The highest BCUT2D eigenvalue weighted by molar-refractivity contribution is 5.86. The maximum absolute atomic E-state index is 11.3. The molecule has 2 rings (SSSR count). The van der Waals surface area contributed by atoms with E-state index in [-0.39, 0.29) is 5.92 Å². The fourth-order valence-corrected chi connectivity index (χ4v) is 2.58. The van der Waals surface area contributed by atoms with E-state index in [0.717, 1.165) is 11.1 Å². The Kier molecular flexibility index (Phi) is 4.41. The standard InChI is InChI=1S/C17H19NO2/c1-4-8-13-12(5-2)14-9-6-7-10-15(14)16(13)11-20-17(19)18-3/h4-10,16H,2,11H2,1,3H3,(H,18,19)/b8-4-. The van der Waals surface area contributed by atoms with Gasteiger partial charge in [-0.15, -0.1) is 0 Å². The first-order valence-corrected chi connectivity index (χ1v) is 6.66. The first-order chi connectivity index (χ1) is 9.72. The van der Waals surface area contributed by atoms with Crippen LogP contribution in [0, 0.1) is 0 Å². The third-order valence-corrected chi connectivity index (χ3v) is 3.45. The highest BCUT2D eigenvalue weighted by atomic mass is 16.5. The fourth-order valence-electron chi connectivity index (χ4n) is 2.58. The number of hydrogen-bond donors (Lipinski definition) is 1. The third-order valence-electron chi connectivity index (χ3n) is 3.45. The molecule has 0 radical (unpaired) electrons. The van der Waals surface area contributed by atoms with Crippen LogP contribution in [0.4, 0.5) is 4.79 Å². The first-order valence-electron chi connectivity index (χ1n) is 6.66. The molecule has 104 valence electrons. The van der Waals surface area contributed by atoms with E-state index in [1.165, 1.54) is 11.1 Å². The lowest BCUT2D eigenvalue weighted by atomic mass is 9.96.